The van der Waals surface area contributed by atoms with Gasteiger partial charge < -0.3 is 20.7 Å². The van der Waals surface area contributed by atoms with Crippen LogP contribution in [0.15, 0.2) is 0 Å². The standard InChI is InChI=1S/C10H17N3O3/c11-5-7-6-13(3-4-16-7)10(15)8-1-2-9(14)12-8/h7-8H,1-6,11H2,(H,12,14)/t7?,8-/m1/s1. The van der Waals surface area contributed by atoms with Crippen LogP contribution in [0.4, 0.5) is 0 Å². The Labute approximate surface area is 94.1 Å². The average Bonchev–Trinajstić information content (AvgIpc) is 2.75. The maximum atomic E-state index is 12.0. The molecule has 2 aliphatic heterocycles. The minimum Gasteiger partial charge on any atom is -0.373 e. The molecule has 2 fully saturated rings. The Morgan fingerprint density at radius 2 is 2.44 bits per heavy atom. The number of rotatable bonds is 2. The van der Waals surface area contributed by atoms with E-state index in [1.54, 1.807) is 4.90 Å². The van der Waals surface area contributed by atoms with Crippen LogP contribution in [0.5, 0.6) is 0 Å². The lowest BCUT2D eigenvalue weighted by Gasteiger charge is -2.33. The second kappa shape index (κ2) is 4.80. The number of carbonyl (C=O) groups is 2. The number of amides is 2. The van der Waals surface area contributed by atoms with Gasteiger partial charge in [-0.1, -0.05) is 0 Å². The number of nitrogens with two attached hydrogens (primary N) is 1. The van der Waals surface area contributed by atoms with Crippen molar-refractivity contribution in [3.63, 3.8) is 0 Å². The zero-order valence-corrected chi connectivity index (χ0v) is 9.15. The van der Waals surface area contributed by atoms with E-state index < -0.39 is 0 Å². The lowest BCUT2D eigenvalue weighted by atomic mass is 10.1. The summed E-state index contributed by atoms with van der Waals surface area (Å²) in [6.07, 6.45) is 0.971. The van der Waals surface area contributed by atoms with Crippen molar-refractivity contribution in [1.29, 1.82) is 0 Å². The van der Waals surface area contributed by atoms with Gasteiger partial charge in [-0.2, -0.15) is 0 Å². The van der Waals surface area contributed by atoms with E-state index in [2.05, 4.69) is 5.32 Å². The van der Waals surface area contributed by atoms with Crippen LogP contribution in [-0.4, -0.2) is 55.1 Å². The van der Waals surface area contributed by atoms with Gasteiger partial charge in [-0.3, -0.25) is 9.59 Å². The number of nitrogens with zero attached hydrogens (tertiary/aromatic N) is 1. The van der Waals surface area contributed by atoms with E-state index in [0.29, 0.717) is 39.1 Å². The topological polar surface area (TPSA) is 84.7 Å². The van der Waals surface area contributed by atoms with Crippen molar-refractivity contribution in [3.8, 4) is 0 Å². The highest BCUT2D eigenvalue weighted by molar-refractivity contribution is 5.90. The number of nitrogens with one attached hydrogen (secondary N) is 1. The molecule has 2 atom stereocenters. The van der Waals surface area contributed by atoms with Crippen molar-refractivity contribution in [2.45, 2.75) is 25.0 Å². The summed E-state index contributed by atoms with van der Waals surface area (Å²) < 4.78 is 5.39. The molecule has 0 aromatic heterocycles. The summed E-state index contributed by atoms with van der Waals surface area (Å²) in [7, 11) is 0. The van der Waals surface area contributed by atoms with Gasteiger partial charge in [0, 0.05) is 26.1 Å². The van der Waals surface area contributed by atoms with E-state index in [0.717, 1.165) is 0 Å². The minimum absolute atomic E-state index is 0.00685. The first-order valence-electron chi connectivity index (χ1n) is 5.60. The van der Waals surface area contributed by atoms with Gasteiger partial charge in [0.05, 0.1) is 12.7 Å². The van der Waals surface area contributed by atoms with E-state index in [1.807, 2.05) is 0 Å². The zero-order chi connectivity index (χ0) is 11.5. The largest absolute Gasteiger partial charge is 0.373 e. The summed E-state index contributed by atoms with van der Waals surface area (Å²) in [6.45, 7) is 2.05. The molecule has 0 saturated carbocycles. The molecule has 0 aromatic rings. The molecule has 1 unspecified atom stereocenters. The average molecular weight is 227 g/mol. The molecule has 2 amide bonds. The molecule has 3 N–H and O–H groups in total. The smallest absolute Gasteiger partial charge is 0.245 e. The van der Waals surface area contributed by atoms with Crippen LogP contribution >= 0.6 is 0 Å². The second-order valence-electron chi connectivity index (χ2n) is 4.17. The monoisotopic (exact) mass is 227 g/mol. The summed E-state index contributed by atoms with van der Waals surface area (Å²) in [5.41, 5.74) is 5.51. The summed E-state index contributed by atoms with van der Waals surface area (Å²) >= 11 is 0. The van der Waals surface area contributed by atoms with Gasteiger partial charge in [0.2, 0.25) is 11.8 Å². The third kappa shape index (κ3) is 2.33. The van der Waals surface area contributed by atoms with Crippen molar-refractivity contribution in [2.24, 2.45) is 5.73 Å². The molecule has 0 radical (unpaired) electrons. The molecule has 2 rings (SSSR count). The van der Waals surface area contributed by atoms with Gasteiger partial charge >= 0.3 is 0 Å². The van der Waals surface area contributed by atoms with Crippen molar-refractivity contribution in [1.82, 2.24) is 10.2 Å². The molecular formula is C10H17N3O3. The quantitative estimate of drug-likeness (QED) is 0.598. The Morgan fingerprint density at radius 3 is 3.06 bits per heavy atom. The van der Waals surface area contributed by atoms with Crippen LogP contribution in [0.25, 0.3) is 0 Å². The van der Waals surface area contributed by atoms with Crippen molar-refractivity contribution < 1.29 is 14.3 Å². The highest BCUT2D eigenvalue weighted by atomic mass is 16.5. The summed E-state index contributed by atoms with van der Waals surface area (Å²) in [4.78, 5) is 24.8. The Morgan fingerprint density at radius 1 is 1.62 bits per heavy atom. The van der Waals surface area contributed by atoms with Crippen molar-refractivity contribution in [2.75, 3.05) is 26.2 Å². The maximum Gasteiger partial charge on any atom is 0.245 e. The van der Waals surface area contributed by atoms with Crippen molar-refractivity contribution >= 4 is 11.8 Å². The SMILES string of the molecule is NCC1CN(C(=O)[C@H]2CCC(=O)N2)CCO1. The van der Waals surface area contributed by atoms with Crippen molar-refractivity contribution in [3.05, 3.63) is 0 Å². The molecule has 90 valence electrons. The first kappa shape index (κ1) is 11.3. The lowest BCUT2D eigenvalue weighted by Crippen LogP contribution is -2.53. The Balaban J connectivity index is 1.91. The normalized spacial score (nSPS) is 30.3. The van der Waals surface area contributed by atoms with Gasteiger partial charge in [0.25, 0.3) is 0 Å². The molecule has 0 aromatic carbocycles. The fraction of sp³-hybridized carbons (Fsp3) is 0.800. The lowest BCUT2D eigenvalue weighted by molar-refractivity contribution is -0.141. The number of hydrogen-bond acceptors (Lipinski definition) is 4. The molecule has 2 saturated heterocycles. The van der Waals surface area contributed by atoms with Crippen LogP contribution in [0.3, 0.4) is 0 Å². The van der Waals surface area contributed by atoms with Gasteiger partial charge in [-0.15, -0.1) is 0 Å². The molecule has 16 heavy (non-hydrogen) atoms. The van der Waals surface area contributed by atoms with E-state index in [4.69, 9.17) is 10.5 Å². The van der Waals surface area contributed by atoms with Crippen LogP contribution in [0, 0.1) is 0 Å². The van der Waals surface area contributed by atoms with E-state index in [-0.39, 0.29) is 24.0 Å². The molecule has 0 spiro atoms. The molecule has 2 heterocycles. The first-order chi connectivity index (χ1) is 7.70. The van der Waals surface area contributed by atoms with Crippen LogP contribution < -0.4 is 11.1 Å². The highest BCUT2D eigenvalue weighted by Gasteiger charge is 2.32. The Kier molecular flexibility index (Phi) is 3.40. The highest BCUT2D eigenvalue weighted by Crippen LogP contribution is 2.12. The maximum absolute atomic E-state index is 12.0. The summed E-state index contributed by atoms with van der Waals surface area (Å²) in [5, 5.41) is 2.68. The van der Waals surface area contributed by atoms with Gasteiger partial charge in [-0.25, -0.2) is 0 Å². The predicted octanol–water partition coefficient (Wildman–Crippen LogP) is -1.55. The summed E-state index contributed by atoms with van der Waals surface area (Å²) in [6, 6.07) is -0.343. The third-order valence-electron chi connectivity index (χ3n) is 3.01. The van der Waals surface area contributed by atoms with Gasteiger partial charge in [-0.05, 0) is 6.42 Å². The summed E-state index contributed by atoms with van der Waals surface area (Å²) in [5.74, 6) is -0.0467. The number of ether oxygens (including phenoxy) is 1. The third-order valence-corrected chi connectivity index (χ3v) is 3.01. The fourth-order valence-electron chi connectivity index (χ4n) is 2.08. The molecule has 2 aliphatic rings. The van der Waals surface area contributed by atoms with E-state index >= 15 is 0 Å². The van der Waals surface area contributed by atoms with E-state index in [1.165, 1.54) is 0 Å². The molecule has 6 nitrogen and oxygen atoms in total. The predicted molar refractivity (Wildman–Crippen MR) is 56.5 cm³/mol. The Hall–Kier alpha value is -1.14. The molecule has 0 bridgehead atoms. The molecule has 6 heteroatoms. The van der Waals surface area contributed by atoms with Gasteiger partial charge in [0.15, 0.2) is 0 Å². The number of carbonyl (C=O) groups excluding carboxylic acids is 2. The molecule has 0 aliphatic carbocycles. The zero-order valence-electron chi connectivity index (χ0n) is 9.15. The van der Waals surface area contributed by atoms with Crippen LogP contribution in [0.2, 0.25) is 0 Å². The molecular weight excluding hydrogens is 210 g/mol. The van der Waals surface area contributed by atoms with Crippen LogP contribution in [0.1, 0.15) is 12.8 Å². The van der Waals surface area contributed by atoms with Crippen LogP contribution in [-0.2, 0) is 14.3 Å². The second-order valence-corrected chi connectivity index (χ2v) is 4.17. The first-order valence-corrected chi connectivity index (χ1v) is 5.60. The van der Waals surface area contributed by atoms with E-state index in [9.17, 15) is 9.59 Å². The van der Waals surface area contributed by atoms with Gasteiger partial charge in [0.1, 0.15) is 6.04 Å². The fourth-order valence-corrected chi connectivity index (χ4v) is 2.08. The minimum atomic E-state index is -0.343. The Bertz CT molecular complexity index is 295. The number of morpholine rings is 1. The number of hydrogen-bond donors (Lipinski definition) is 2.